The highest BCUT2D eigenvalue weighted by Gasteiger charge is 2.31. The van der Waals surface area contributed by atoms with E-state index in [2.05, 4.69) is 31.9 Å². The number of nitrogens with one attached hydrogen (secondary N) is 3. The van der Waals surface area contributed by atoms with Crippen molar-refractivity contribution in [3.05, 3.63) is 100 Å². The van der Waals surface area contributed by atoms with Crippen LogP contribution in [0.4, 0.5) is 10.5 Å². The number of carbonyl (C=O) groups excluding carboxylic acids is 2. The molecule has 0 fully saturated rings. The summed E-state index contributed by atoms with van der Waals surface area (Å²) >= 11 is 3.39. The maximum Gasteiger partial charge on any atom is 0.319 e. The molecule has 0 aliphatic carbocycles. The molecule has 0 aromatic heterocycles. The number of hydrogen-bond acceptors (Lipinski definition) is 2. The lowest BCUT2D eigenvalue weighted by Gasteiger charge is -2.28. The molecule has 1 heterocycles. The van der Waals surface area contributed by atoms with Crippen LogP contribution < -0.4 is 16.0 Å². The molecule has 3 aromatic carbocycles. The van der Waals surface area contributed by atoms with Crippen molar-refractivity contribution in [2.45, 2.75) is 13.0 Å². The number of carbonyl (C=O) groups is 2. The molecule has 6 heteroatoms. The van der Waals surface area contributed by atoms with E-state index < -0.39 is 6.04 Å². The van der Waals surface area contributed by atoms with Crippen LogP contribution in [0.15, 0.2) is 94.6 Å². The van der Waals surface area contributed by atoms with E-state index in [1.165, 1.54) is 0 Å². The van der Waals surface area contributed by atoms with E-state index in [9.17, 15) is 9.59 Å². The molecular formula is C24H20BrN3O2. The van der Waals surface area contributed by atoms with Gasteiger partial charge in [-0.1, -0.05) is 70.5 Å². The fraction of sp³-hybridized carbons (Fsp3) is 0.0833. The van der Waals surface area contributed by atoms with Crippen LogP contribution in [0.3, 0.4) is 0 Å². The Morgan fingerprint density at radius 1 is 0.900 bits per heavy atom. The summed E-state index contributed by atoms with van der Waals surface area (Å²) in [6, 6.07) is 24.4. The number of halogens is 1. The van der Waals surface area contributed by atoms with Crippen LogP contribution in [-0.4, -0.2) is 11.9 Å². The van der Waals surface area contributed by atoms with Gasteiger partial charge in [0.25, 0.3) is 5.91 Å². The molecular weight excluding hydrogens is 442 g/mol. The second-order valence-electron chi connectivity index (χ2n) is 7.02. The molecule has 3 N–H and O–H groups in total. The molecule has 0 unspecified atom stereocenters. The Morgan fingerprint density at radius 3 is 2.20 bits per heavy atom. The smallest absolute Gasteiger partial charge is 0.319 e. The van der Waals surface area contributed by atoms with Gasteiger partial charge in [-0.2, -0.15) is 0 Å². The summed E-state index contributed by atoms with van der Waals surface area (Å²) in [5.74, 6) is -0.264. The van der Waals surface area contributed by atoms with Gasteiger partial charge in [0.05, 0.1) is 11.6 Å². The van der Waals surface area contributed by atoms with Crippen LogP contribution in [0.5, 0.6) is 0 Å². The van der Waals surface area contributed by atoms with Gasteiger partial charge in [-0.15, -0.1) is 0 Å². The molecule has 4 rings (SSSR count). The van der Waals surface area contributed by atoms with E-state index in [0.717, 1.165) is 21.2 Å². The van der Waals surface area contributed by atoms with E-state index in [1.54, 1.807) is 6.92 Å². The molecule has 1 atom stereocenters. The van der Waals surface area contributed by atoms with Crippen molar-refractivity contribution in [1.29, 1.82) is 0 Å². The average Bonchev–Trinajstić information content (AvgIpc) is 2.75. The summed E-state index contributed by atoms with van der Waals surface area (Å²) in [6.45, 7) is 1.74. The zero-order valence-corrected chi connectivity index (χ0v) is 17.9. The molecule has 3 aromatic rings. The second kappa shape index (κ2) is 8.55. The van der Waals surface area contributed by atoms with Crippen molar-refractivity contribution in [2.75, 3.05) is 5.32 Å². The molecule has 1 aliphatic heterocycles. The molecule has 3 amide bonds. The maximum atomic E-state index is 13.1. The maximum absolute atomic E-state index is 13.1. The van der Waals surface area contributed by atoms with E-state index >= 15 is 0 Å². The number of allylic oxidation sites excluding steroid dienone is 1. The van der Waals surface area contributed by atoms with Gasteiger partial charge >= 0.3 is 6.03 Å². The van der Waals surface area contributed by atoms with E-state index in [1.807, 2.05) is 78.9 Å². The predicted molar refractivity (Wildman–Crippen MR) is 122 cm³/mol. The van der Waals surface area contributed by atoms with Crippen molar-refractivity contribution in [1.82, 2.24) is 10.6 Å². The molecule has 5 nitrogen and oxygen atoms in total. The van der Waals surface area contributed by atoms with E-state index in [4.69, 9.17) is 0 Å². The molecule has 0 saturated carbocycles. The average molecular weight is 462 g/mol. The van der Waals surface area contributed by atoms with E-state index in [0.29, 0.717) is 17.0 Å². The Hall–Kier alpha value is -3.38. The Labute approximate surface area is 183 Å². The van der Waals surface area contributed by atoms with Crippen LogP contribution in [-0.2, 0) is 4.79 Å². The summed E-state index contributed by atoms with van der Waals surface area (Å²) in [7, 11) is 0. The minimum atomic E-state index is -0.543. The van der Waals surface area contributed by atoms with Crippen LogP contribution >= 0.6 is 15.9 Å². The molecule has 30 heavy (non-hydrogen) atoms. The Balaban J connectivity index is 1.63. The monoisotopic (exact) mass is 461 g/mol. The van der Waals surface area contributed by atoms with Gasteiger partial charge in [-0.3, -0.25) is 4.79 Å². The van der Waals surface area contributed by atoms with Crippen LogP contribution in [0.2, 0.25) is 0 Å². The minimum Gasteiger partial charge on any atom is -0.327 e. The lowest BCUT2D eigenvalue weighted by atomic mass is 9.93. The van der Waals surface area contributed by atoms with Crippen molar-refractivity contribution in [2.24, 2.45) is 0 Å². The van der Waals surface area contributed by atoms with Gasteiger partial charge in [0.1, 0.15) is 0 Å². The van der Waals surface area contributed by atoms with Crippen LogP contribution in [0.1, 0.15) is 18.5 Å². The quantitative estimate of drug-likeness (QED) is 0.487. The highest BCUT2D eigenvalue weighted by molar-refractivity contribution is 9.10. The third kappa shape index (κ3) is 4.28. The predicted octanol–water partition coefficient (Wildman–Crippen LogP) is 5.38. The zero-order valence-electron chi connectivity index (χ0n) is 16.3. The normalized spacial score (nSPS) is 15.9. The first-order valence-corrected chi connectivity index (χ1v) is 10.3. The molecule has 0 bridgehead atoms. The van der Waals surface area contributed by atoms with Gasteiger partial charge < -0.3 is 16.0 Å². The van der Waals surface area contributed by atoms with E-state index in [-0.39, 0.29) is 11.9 Å². The third-order valence-corrected chi connectivity index (χ3v) is 5.50. The molecule has 0 radical (unpaired) electrons. The highest BCUT2D eigenvalue weighted by atomic mass is 79.9. The van der Waals surface area contributed by atoms with Gasteiger partial charge in [0.15, 0.2) is 0 Å². The Kier molecular flexibility index (Phi) is 5.68. The number of hydrogen-bond donors (Lipinski definition) is 3. The fourth-order valence-corrected chi connectivity index (χ4v) is 3.74. The standard InChI is InChI=1S/C24H20BrN3O2/c1-15-21(23(29)27-20-13-11-19(25)12-14-20)22(28-24(30)26-15)18-9-7-17(8-10-18)16-5-3-2-4-6-16/h2-14,22H,1H3,(H,27,29)(H2,26,28,30)/t22-/m0/s1. The minimum absolute atomic E-state index is 0.264. The summed E-state index contributed by atoms with van der Waals surface area (Å²) in [5, 5.41) is 8.49. The Morgan fingerprint density at radius 2 is 1.53 bits per heavy atom. The summed E-state index contributed by atoms with van der Waals surface area (Å²) in [5.41, 5.74) is 4.71. The van der Waals surface area contributed by atoms with Crippen molar-refractivity contribution in [3.8, 4) is 11.1 Å². The molecule has 150 valence electrons. The SMILES string of the molecule is CC1=C(C(=O)Nc2ccc(Br)cc2)[C@H](c2ccc(-c3ccccc3)cc2)NC(=O)N1. The highest BCUT2D eigenvalue weighted by Crippen LogP contribution is 2.30. The second-order valence-corrected chi connectivity index (χ2v) is 7.93. The van der Waals surface area contributed by atoms with Gasteiger partial charge in [0, 0.05) is 15.9 Å². The lowest BCUT2D eigenvalue weighted by molar-refractivity contribution is -0.113. The largest absolute Gasteiger partial charge is 0.327 e. The Bertz CT molecular complexity index is 1110. The van der Waals surface area contributed by atoms with Gasteiger partial charge in [0.2, 0.25) is 0 Å². The van der Waals surface area contributed by atoms with Gasteiger partial charge in [-0.05, 0) is 47.9 Å². The number of rotatable bonds is 4. The molecule has 0 spiro atoms. The van der Waals surface area contributed by atoms with Crippen molar-refractivity contribution < 1.29 is 9.59 Å². The summed E-state index contributed by atoms with van der Waals surface area (Å²) in [4.78, 5) is 25.2. The number of urea groups is 1. The number of anilines is 1. The third-order valence-electron chi connectivity index (χ3n) is 4.97. The first kappa shape index (κ1) is 19.9. The van der Waals surface area contributed by atoms with Gasteiger partial charge in [-0.25, -0.2) is 4.79 Å². The van der Waals surface area contributed by atoms with Crippen molar-refractivity contribution >= 4 is 33.6 Å². The summed E-state index contributed by atoms with van der Waals surface area (Å²) < 4.78 is 0.930. The van der Waals surface area contributed by atoms with Crippen molar-refractivity contribution in [3.63, 3.8) is 0 Å². The first-order chi connectivity index (χ1) is 14.5. The first-order valence-electron chi connectivity index (χ1n) is 9.52. The number of amides is 3. The number of benzene rings is 3. The lowest BCUT2D eigenvalue weighted by Crippen LogP contribution is -2.45. The molecule has 0 saturated heterocycles. The topological polar surface area (TPSA) is 70.2 Å². The molecule has 1 aliphatic rings. The fourth-order valence-electron chi connectivity index (χ4n) is 3.48. The summed E-state index contributed by atoms with van der Waals surface area (Å²) in [6.07, 6.45) is 0. The van der Waals surface area contributed by atoms with Crippen LogP contribution in [0, 0.1) is 0 Å². The zero-order chi connectivity index (χ0) is 21.1. The van der Waals surface area contributed by atoms with Crippen LogP contribution in [0.25, 0.3) is 11.1 Å².